The van der Waals surface area contributed by atoms with Crippen LogP contribution in [-0.2, 0) is 0 Å². The predicted molar refractivity (Wildman–Crippen MR) is 130 cm³/mol. The van der Waals surface area contributed by atoms with Crippen LogP contribution in [0.2, 0.25) is 5.02 Å². The first-order chi connectivity index (χ1) is 15.2. The second-order valence-electron chi connectivity index (χ2n) is 8.27. The first-order valence-corrected chi connectivity index (χ1v) is 11.4. The fourth-order valence-corrected chi connectivity index (χ4v) is 4.92. The molecule has 2 aromatic carbocycles. The lowest BCUT2D eigenvalue weighted by Gasteiger charge is -2.25. The zero-order valence-electron chi connectivity index (χ0n) is 17.8. The number of halogens is 1. The molecule has 1 saturated carbocycles. The average molecular weight is 431 g/mol. The van der Waals surface area contributed by atoms with Crippen LogP contribution in [0.15, 0.2) is 72.8 Å². The van der Waals surface area contributed by atoms with Gasteiger partial charge in [-0.1, -0.05) is 55.1 Å². The van der Waals surface area contributed by atoms with Crippen LogP contribution >= 0.6 is 11.6 Å². The van der Waals surface area contributed by atoms with Gasteiger partial charge >= 0.3 is 0 Å². The van der Waals surface area contributed by atoms with Crippen molar-refractivity contribution < 1.29 is 4.74 Å². The summed E-state index contributed by atoms with van der Waals surface area (Å²) in [4.78, 5) is 0. The molecule has 0 radical (unpaired) electrons. The van der Waals surface area contributed by atoms with Gasteiger partial charge in [-0.05, 0) is 66.9 Å². The molecule has 3 nitrogen and oxygen atoms in total. The van der Waals surface area contributed by atoms with E-state index in [1.54, 1.807) is 7.11 Å². The Balaban J connectivity index is 1.71. The summed E-state index contributed by atoms with van der Waals surface area (Å²) < 4.78 is 7.70. The van der Waals surface area contributed by atoms with Crippen molar-refractivity contribution in [3.63, 3.8) is 0 Å². The van der Waals surface area contributed by atoms with Gasteiger partial charge in [0.1, 0.15) is 11.6 Å². The second-order valence-corrected chi connectivity index (χ2v) is 8.67. The number of fused-ring (bicyclic) bond motifs is 1. The van der Waals surface area contributed by atoms with Crippen LogP contribution in [0.5, 0.6) is 5.75 Å². The Morgan fingerprint density at radius 2 is 1.65 bits per heavy atom. The second kappa shape index (κ2) is 8.68. The minimum atomic E-state index is 0.483. The van der Waals surface area contributed by atoms with Crippen molar-refractivity contribution >= 4 is 22.9 Å². The van der Waals surface area contributed by atoms with Gasteiger partial charge in [0.2, 0.25) is 0 Å². The van der Waals surface area contributed by atoms with Gasteiger partial charge in [0.05, 0.1) is 12.8 Å². The van der Waals surface area contributed by atoms with Gasteiger partial charge < -0.3 is 10.1 Å². The molecule has 0 unspecified atom stereocenters. The molecule has 5 rings (SSSR count). The molecule has 0 saturated heterocycles. The largest absolute Gasteiger partial charge is 0.497 e. The zero-order chi connectivity index (χ0) is 21.2. The zero-order valence-corrected chi connectivity index (χ0v) is 18.5. The number of nitrogens with one attached hydrogen (secondary N) is 1. The highest BCUT2D eigenvalue weighted by Crippen LogP contribution is 2.39. The SMILES string of the molecule is COc1ccc(-c2cccc3cc(-c4ccccc4Cl)c(NC4CCCCC4)n23)cc1. The molecule has 0 atom stereocenters. The number of methoxy groups -OCH3 is 1. The third kappa shape index (κ3) is 3.90. The lowest BCUT2D eigenvalue weighted by Crippen LogP contribution is -2.23. The van der Waals surface area contributed by atoms with Crippen LogP contribution in [0.3, 0.4) is 0 Å². The molecular formula is C27H27ClN2O. The highest BCUT2D eigenvalue weighted by atomic mass is 35.5. The molecule has 2 heterocycles. The molecule has 31 heavy (non-hydrogen) atoms. The summed E-state index contributed by atoms with van der Waals surface area (Å²) in [6.07, 6.45) is 6.32. The Hall–Kier alpha value is -2.91. The third-order valence-corrected chi connectivity index (χ3v) is 6.62. The van der Waals surface area contributed by atoms with Crippen LogP contribution < -0.4 is 10.1 Å². The highest BCUT2D eigenvalue weighted by molar-refractivity contribution is 6.33. The van der Waals surface area contributed by atoms with Gasteiger partial charge in [-0.15, -0.1) is 0 Å². The number of hydrogen-bond acceptors (Lipinski definition) is 2. The number of anilines is 1. The molecule has 0 amide bonds. The molecule has 4 heteroatoms. The molecule has 0 bridgehead atoms. The van der Waals surface area contributed by atoms with Crippen molar-refractivity contribution in [2.45, 2.75) is 38.1 Å². The fraction of sp³-hybridized carbons (Fsp3) is 0.259. The number of pyridine rings is 1. The number of ether oxygens (including phenoxy) is 1. The van der Waals surface area contributed by atoms with Gasteiger partial charge in [-0.3, -0.25) is 4.40 Å². The molecule has 1 fully saturated rings. The van der Waals surface area contributed by atoms with Crippen molar-refractivity contribution in [3.05, 3.63) is 77.8 Å². The number of rotatable bonds is 5. The Bertz CT molecular complexity index is 1190. The van der Waals surface area contributed by atoms with Gasteiger partial charge in [0.25, 0.3) is 0 Å². The van der Waals surface area contributed by atoms with E-state index in [2.05, 4.69) is 58.2 Å². The number of hydrogen-bond donors (Lipinski definition) is 1. The predicted octanol–water partition coefficient (Wildman–Crippen LogP) is 7.68. The van der Waals surface area contributed by atoms with E-state index in [0.717, 1.165) is 44.5 Å². The lowest BCUT2D eigenvalue weighted by molar-refractivity contribution is 0.415. The van der Waals surface area contributed by atoms with Crippen molar-refractivity contribution in [2.24, 2.45) is 0 Å². The summed E-state index contributed by atoms with van der Waals surface area (Å²) in [5.74, 6) is 1.99. The third-order valence-electron chi connectivity index (χ3n) is 6.29. The Morgan fingerprint density at radius 3 is 2.39 bits per heavy atom. The van der Waals surface area contributed by atoms with Gasteiger partial charge in [0, 0.05) is 27.7 Å². The average Bonchev–Trinajstić information content (AvgIpc) is 3.18. The lowest BCUT2D eigenvalue weighted by atomic mass is 9.95. The number of aromatic nitrogens is 1. The first kappa shape index (κ1) is 20.0. The summed E-state index contributed by atoms with van der Waals surface area (Å²) in [6, 6.07) is 25.6. The summed E-state index contributed by atoms with van der Waals surface area (Å²) in [5, 5.41) is 4.68. The molecule has 0 aliphatic heterocycles. The smallest absolute Gasteiger partial charge is 0.119 e. The summed E-state index contributed by atoms with van der Waals surface area (Å²) in [5.41, 5.74) is 5.67. The van der Waals surface area contributed by atoms with E-state index in [1.165, 1.54) is 32.1 Å². The quantitative estimate of drug-likeness (QED) is 0.351. The normalized spacial score (nSPS) is 14.6. The molecule has 2 aromatic heterocycles. The number of nitrogens with zero attached hydrogens (tertiary/aromatic N) is 1. The molecule has 4 aromatic rings. The van der Waals surface area contributed by atoms with Crippen LogP contribution in [0.1, 0.15) is 32.1 Å². The Kier molecular flexibility index (Phi) is 5.61. The van der Waals surface area contributed by atoms with Crippen LogP contribution in [0, 0.1) is 0 Å². The van der Waals surface area contributed by atoms with E-state index in [1.807, 2.05) is 24.3 Å². The summed E-state index contributed by atoms with van der Waals surface area (Å²) >= 11 is 6.64. The van der Waals surface area contributed by atoms with Crippen LogP contribution in [0.25, 0.3) is 27.9 Å². The van der Waals surface area contributed by atoms with Crippen molar-refractivity contribution in [1.82, 2.24) is 4.40 Å². The molecule has 1 aliphatic rings. The topological polar surface area (TPSA) is 25.7 Å². The van der Waals surface area contributed by atoms with E-state index in [9.17, 15) is 0 Å². The van der Waals surface area contributed by atoms with Crippen molar-refractivity contribution in [2.75, 3.05) is 12.4 Å². The monoisotopic (exact) mass is 430 g/mol. The van der Waals surface area contributed by atoms with E-state index >= 15 is 0 Å². The minimum Gasteiger partial charge on any atom is -0.497 e. The van der Waals surface area contributed by atoms with Gasteiger partial charge in [-0.2, -0.15) is 0 Å². The molecule has 0 spiro atoms. The van der Waals surface area contributed by atoms with Crippen LogP contribution in [-0.4, -0.2) is 17.6 Å². The van der Waals surface area contributed by atoms with Crippen LogP contribution in [0.4, 0.5) is 5.82 Å². The summed E-state index contributed by atoms with van der Waals surface area (Å²) in [6.45, 7) is 0. The molecular weight excluding hydrogens is 404 g/mol. The first-order valence-electron chi connectivity index (χ1n) is 11.0. The highest BCUT2D eigenvalue weighted by Gasteiger charge is 2.21. The van der Waals surface area contributed by atoms with Gasteiger partial charge in [-0.25, -0.2) is 0 Å². The maximum Gasteiger partial charge on any atom is 0.119 e. The molecule has 158 valence electrons. The molecule has 1 N–H and O–H groups in total. The van der Waals surface area contributed by atoms with Crippen molar-refractivity contribution in [1.29, 1.82) is 0 Å². The van der Waals surface area contributed by atoms with Gasteiger partial charge in [0.15, 0.2) is 0 Å². The van der Waals surface area contributed by atoms with E-state index in [-0.39, 0.29) is 0 Å². The standard InChI is InChI=1S/C27H27ClN2O/c1-31-22-16-14-19(15-17-22)26-13-7-10-21-18-24(23-11-5-6-12-25(23)28)27(30(21)26)29-20-8-3-2-4-9-20/h5-7,10-18,20,29H,2-4,8-9H2,1H3. The maximum atomic E-state index is 6.64. The van der Waals surface area contributed by atoms with E-state index < -0.39 is 0 Å². The Morgan fingerprint density at radius 1 is 0.871 bits per heavy atom. The molecule has 1 aliphatic carbocycles. The van der Waals surface area contributed by atoms with E-state index in [0.29, 0.717) is 6.04 Å². The van der Waals surface area contributed by atoms with E-state index in [4.69, 9.17) is 16.3 Å². The summed E-state index contributed by atoms with van der Waals surface area (Å²) in [7, 11) is 1.70. The Labute approximate surface area is 188 Å². The minimum absolute atomic E-state index is 0.483. The number of benzene rings is 2. The van der Waals surface area contributed by atoms with Crippen molar-refractivity contribution in [3.8, 4) is 28.1 Å². The fourth-order valence-electron chi connectivity index (χ4n) is 4.68. The maximum absolute atomic E-state index is 6.64.